The first-order valence-corrected chi connectivity index (χ1v) is 7.15. The Hall–Kier alpha value is -1.37. The van der Waals surface area contributed by atoms with Crippen molar-refractivity contribution in [1.82, 2.24) is 14.7 Å². The average Bonchev–Trinajstić information content (AvgIpc) is 2.83. The van der Waals surface area contributed by atoms with Gasteiger partial charge in [0.05, 0.1) is 6.04 Å². The number of amides is 1. The minimum absolute atomic E-state index is 0.110. The van der Waals surface area contributed by atoms with E-state index in [-0.39, 0.29) is 12.1 Å². The Morgan fingerprint density at radius 1 is 1.53 bits per heavy atom. The molecule has 1 aromatic heterocycles. The summed E-state index contributed by atoms with van der Waals surface area (Å²) >= 11 is 1.40. The molecule has 106 valence electrons. The molecule has 0 radical (unpaired) electrons. The fourth-order valence-corrected chi connectivity index (χ4v) is 2.65. The number of hydrogen-bond acceptors (Lipinski definition) is 6. The smallest absolute Gasteiger partial charge is 0.407 e. The first kappa shape index (κ1) is 14.0. The lowest BCUT2D eigenvalue weighted by molar-refractivity contribution is 0.0509. The molecule has 6 nitrogen and oxygen atoms in total. The summed E-state index contributed by atoms with van der Waals surface area (Å²) in [5.74, 6) is 0.795. The Bertz CT molecular complexity index is 455. The summed E-state index contributed by atoms with van der Waals surface area (Å²) in [5, 5.41) is 3.82. The maximum absolute atomic E-state index is 11.7. The highest BCUT2D eigenvalue weighted by Crippen LogP contribution is 2.22. The van der Waals surface area contributed by atoms with Crippen LogP contribution in [0.3, 0.4) is 0 Å². The number of carbonyl (C=O) groups excluding carboxylic acids is 1. The van der Waals surface area contributed by atoms with Crippen LogP contribution >= 0.6 is 11.5 Å². The molecule has 1 aliphatic heterocycles. The molecule has 1 aromatic rings. The molecule has 0 saturated carbocycles. The third-order valence-corrected chi connectivity index (χ3v) is 3.56. The van der Waals surface area contributed by atoms with Gasteiger partial charge in [-0.2, -0.15) is 4.37 Å². The minimum Gasteiger partial charge on any atom is -0.444 e. The number of aryl methyl sites for hydroxylation is 1. The summed E-state index contributed by atoms with van der Waals surface area (Å²) in [6.45, 7) is 9.10. The van der Waals surface area contributed by atoms with Crippen LogP contribution in [-0.2, 0) is 4.74 Å². The molecule has 7 heteroatoms. The number of aromatic nitrogens is 2. The molecule has 1 aliphatic rings. The number of alkyl carbamates (subject to hydrolysis) is 1. The number of rotatable bonds is 2. The Labute approximate surface area is 117 Å². The fourth-order valence-electron chi connectivity index (χ4n) is 1.94. The molecule has 1 fully saturated rings. The van der Waals surface area contributed by atoms with Gasteiger partial charge in [0, 0.05) is 24.6 Å². The van der Waals surface area contributed by atoms with Crippen molar-refractivity contribution in [2.45, 2.75) is 45.8 Å². The second kappa shape index (κ2) is 5.32. The highest BCUT2D eigenvalue weighted by molar-refractivity contribution is 7.09. The van der Waals surface area contributed by atoms with Crippen LogP contribution in [0.25, 0.3) is 0 Å². The molecule has 2 heterocycles. The molecular formula is C12H20N4O2S. The first-order valence-electron chi connectivity index (χ1n) is 6.38. The van der Waals surface area contributed by atoms with Crippen LogP contribution in [-0.4, -0.2) is 40.2 Å². The van der Waals surface area contributed by atoms with E-state index in [4.69, 9.17) is 4.74 Å². The SMILES string of the molecule is Cc1nsc(N2CC[C@H](NC(=O)OC(C)(C)C)C2)n1. The summed E-state index contributed by atoms with van der Waals surface area (Å²) in [6.07, 6.45) is 0.547. The van der Waals surface area contributed by atoms with Crippen molar-refractivity contribution < 1.29 is 9.53 Å². The van der Waals surface area contributed by atoms with Gasteiger partial charge >= 0.3 is 6.09 Å². The zero-order valence-corrected chi connectivity index (χ0v) is 12.6. The number of ether oxygens (including phenoxy) is 1. The second-order valence-corrected chi connectivity index (χ2v) is 6.43. The lowest BCUT2D eigenvalue weighted by Gasteiger charge is -2.21. The van der Waals surface area contributed by atoms with E-state index in [9.17, 15) is 4.79 Å². The summed E-state index contributed by atoms with van der Waals surface area (Å²) in [7, 11) is 0. The second-order valence-electron chi connectivity index (χ2n) is 5.70. The van der Waals surface area contributed by atoms with Gasteiger partial charge < -0.3 is 15.0 Å². The molecule has 1 N–H and O–H groups in total. The van der Waals surface area contributed by atoms with Gasteiger partial charge in [-0.15, -0.1) is 0 Å². The Morgan fingerprint density at radius 3 is 2.84 bits per heavy atom. The molecule has 0 spiro atoms. The third kappa shape index (κ3) is 4.05. The quantitative estimate of drug-likeness (QED) is 0.899. The van der Waals surface area contributed by atoms with E-state index in [0.29, 0.717) is 0 Å². The normalized spacial score (nSPS) is 19.6. The van der Waals surface area contributed by atoms with Crippen molar-refractivity contribution in [1.29, 1.82) is 0 Å². The van der Waals surface area contributed by atoms with Crippen molar-refractivity contribution in [3.63, 3.8) is 0 Å². The van der Waals surface area contributed by atoms with E-state index in [1.165, 1.54) is 11.5 Å². The molecule has 0 aliphatic carbocycles. The molecule has 19 heavy (non-hydrogen) atoms. The van der Waals surface area contributed by atoms with Crippen LogP contribution in [0.1, 0.15) is 33.0 Å². The van der Waals surface area contributed by atoms with Crippen LogP contribution in [0.5, 0.6) is 0 Å². The molecule has 1 saturated heterocycles. The molecule has 1 amide bonds. The Morgan fingerprint density at radius 2 is 2.26 bits per heavy atom. The van der Waals surface area contributed by atoms with Gasteiger partial charge in [0.25, 0.3) is 0 Å². The Balaban J connectivity index is 1.84. The van der Waals surface area contributed by atoms with Crippen molar-refractivity contribution in [2.24, 2.45) is 0 Å². The summed E-state index contributed by atoms with van der Waals surface area (Å²) in [6, 6.07) is 0.110. The summed E-state index contributed by atoms with van der Waals surface area (Å²) < 4.78 is 9.42. The van der Waals surface area contributed by atoms with E-state index in [1.54, 1.807) is 0 Å². The number of carbonyl (C=O) groups is 1. The zero-order chi connectivity index (χ0) is 14.0. The number of nitrogens with zero attached hydrogens (tertiary/aromatic N) is 3. The van der Waals surface area contributed by atoms with Crippen LogP contribution in [0.15, 0.2) is 0 Å². The highest BCUT2D eigenvalue weighted by Gasteiger charge is 2.27. The van der Waals surface area contributed by atoms with Gasteiger partial charge in [0.15, 0.2) is 0 Å². The lowest BCUT2D eigenvalue weighted by Crippen LogP contribution is -2.40. The van der Waals surface area contributed by atoms with Gasteiger partial charge in [-0.25, -0.2) is 9.78 Å². The van der Waals surface area contributed by atoms with E-state index >= 15 is 0 Å². The van der Waals surface area contributed by atoms with Crippen LogP contribution < -0.4 is 10.2 Å². The molecule has 2 rings (SSSR count). The standard InChI is InChI=1S/C12H20N4O2S/c1-8-13-10(19-15-8)16-6-5-9(7-16)14-11(17)18-12(2,3)4/h9H,5-7H2,1-4H3,(H,14,17)/t9-/m0/s1. The highest BCUT2D eigenvalue weighted by atomic mass is 32.1. The van der Waals surface area contributed by atoms with Crippen molar-refractivity contribution in [3.8, 4) is 0 Å². The first-order chi connectivity index (χ1) is 8.83. The maximum atomic E-state index is 11.7. The number of anilines is 1. The van der Waals surface area contributed by atoms with E-state index < -0.39 is 5.60 Å². The van der Waals surface area contributed by atoms with E-state index in [1.807, 2.05) is 27.7 Å². The van der Waals surface area contributed by atoms with Crippen molar-refractivity contribution in [3.05, 3.63) is 5.82 Å². The number of hydrogen-bond donors (Lipinski definition) is 1. The molecule has 0 unspecified atom stereocenters. The fraction of sp³-hybridized carbons (Fsp3) is 0.750. The minimum atomic E-state index is -0.460. The van der Waals surface area contributed by atoms with Crippen molar-refractivity contribution >= 4 is 22.8 Å². The topological polar surface area (TPSA) is 67.4 Å². The average molecular weight is 284 g/mol. The third-order valence-electron chi connectivity index (χ3n) is 2.70. The van der Waals surface area contributed by atoms with Crippen LogP contribution in [0.2, 0.25) is 0 Å². The maximum Gasteiger partial charge on any atom is 0.407 e. The number of nitrogens with one attached hydrogen (secondary N) is 1. The van der Waals surface area contributed by atoms with Gasteiger partial charge in [-0.05, 0) is 34.1 Å². The predicted octanol–water partition coefficient (Wildman–Crippen LogP) is 1.95. The van der Waals surface area contributed by atoms with Gasteiger partial charge in [-0.3, -0.25) is 0 Å². The Kier molecular flexibility index (Phi) is 3.93. The lowest BCUT2D eigenvalue weighted by atomic mass is 10.2. The van der Waals surface area contributed by atoms with Crippen LogP contribution in [0.4, 0.5) is 9.93 Å². The monoisotopic (exact) mass is 284 g/mol. The molecule has 1 atom stereocenters. The molecular weight excluding hydrogens is 264 g/mol. The molecule has 0 aromatic carbocycles. The predicted molar refractivity (Wildman–Crippen MR) is 74.6 cm³/mol. The van der Waals surface area contributed by atoms with Crippen LogP contribution in [0, 0.1) is 6.92 Å². The zero-order valence-electron chi connectivity index (χ0n) is 11.8. The van der Waals surface area contributed by atoms with Gasteiger partial charge in [0.1, 0.15) is 11.4 Å². The van der Waals surface area contributed by atoms with E-state index in [0.717, 1.165) is 30.5 Å². The van der Waals surface area contributed by atoms with Crippen molar-refractivity contribution in [2.75, 3.05) is 18.0 Å². The van der Waals surface area contributed by atoms with Gasteiger partial charge in [-0.1, -0.05) is 0 Å². The molecule has 0 bridgehead atoms. The van der Waals surface area contributed by atoms with E-state index in [2.05, 4.69) is 19.6 Å². The van der Waals surface area contributed by atoms with Gasteiger partial charge in [0.2, 0.25) is 5.13 Å². The summed E-state index contributed by atoms with van der Waals surface area (Å²) in [5.41, 5.74) is -0.460. The summed E-state index contributed by atoms with van der Waals surface area (Å²) in [4.78, 5) is 18.2. The largest absolute Gasteiger partial charge is 0.444 e.